The van der Waals surface area contributed by atoms with E-state index in [2.05, 4.69) is 30.3 Å². The molecule has 0 saturated heterocycles. The summed E-state index contributed by atoms with van der Waals surface area (Å²) in [6, 6.07) is 11.0. The Morgan fingerprint density at radius 3 is 1.88 bits per heavy atom. The van der Waals surface area contributed by atoms with Crippen molar-refractivity contribution in [1.29, 1.82) is 0 Å². The van der Waals surface area contributed by atoms with Gasteiger partial charge >= 0.3 is 6.16 Å². The van der Waals surface area contributed by atoms with Crippen LogP contribution >= 0.6 is 0 Å². The molecule has 2 N–H and O–H groups in total. The van der Waals surface area contributed by atoms with Gasteiger partial charge in [0, 0.05) is 0 Å². The molecule has 0 aliphatic heterocycles. The normalized spacial score (nSPS) is 16.5. The van der Waals surface area contributed by atoms with Gasteiger partial charge in [0.1, 0.15) is 0 Å². The molecule has 0 spiro atoms. The van der Waals surface area contributed by atoms with E-state index in [1.165, 1.54) is 38.5 Å². The Morgan fingerprint density at radius 2 is 1.41 bits per heavy atom. The van der Waals surface area contributed by atoms with Crippen LogP contribution in [0.1, 0.15) is 50.0 Å². The average molecular weight is 236 g/mol. The molecule has 0 atom stereocenters. The maximum Gasteiger partial charge on any atom is 0.503 e. The fourth-order valence-corrected chi connectivity index (χ4v) is 2.34. The highest BCUT2D eigenvalue weighted by atomic mass is 16.6. The second-order valence-electron chi connectivity index (χ2n) is 4.38. The van der Waals surface area contributed by atoms with Gasteiger partial charge in [-0.25, -0.2) is 4.79 Å². The molecule has 0 radical (unpaired) electrons. The maximum absolute atomic E-state index is 8.56. The first-order valence-electron chi connectivity index (χ1n) is 6.17. The molecular weight excluding hydrogens is 216 g/mol. The Morgan fingerprint density at radius 1 is 0.941 bits per heavy atom. The van der Waals surface area contributed by atoms with E-state index in [0.29, 0.717) is 0 Å². The predicted molar refractivity (Wildman–Crippen MR) is 67.5 cm³/mol. The Bertz CT molecular complexity index is 309. The number of hydrogen-bond acceptors (Lipinski definition) is 1. The lowest BCUT2D eigenvalue weighted by atomic mass is 9.92. The molecule has 94 valence electrons. The average Bonchev–Trinajstić information content (AvgIpc) is 2.58. The molecule has 0 heterocycles. The standard InChI is InChI=1S/C13H18.CH2O3/c1-2-5-9-12(8-4-1)13-10-6-3-7-11-13;2-1(3)4/h3,6-7,10-12H,1-2,4-5,8-9H2;(H2,2,3,4). The van der Waals surface area contributed by atoms with Crippen molar-refractivity contribution in [1.82, 2.24) is 0 Å². The zero-order chi connectivity index (χ0) is 12.5. The molecule has 2 rings (SSSR count). The number of carbonyl (C=O) groups is 1. The lowest BCUT2D eigenvalue weighted by molar-refractivity contribution is 0.137. The van der Waals surface area contributed by atoms with Gasteiger partial charge in [0.05, 0.1) is 0 Å². The summed E-state index contributed by atoms with van der Waals surface area (Å²) in [5, 5.41) is 13.9. The highest BCUT2D eigenvalue weighted by molar-refractivity contribution is 5.53. The van der Waals surface area contributed by atoms with E-state index in [0.717, 1.165) is 5.92 Å². The molecule has 0 unspecified atom stereocenters. The molecule has 3 nitrogen and oxygen atoms in total. The summed E-state index contributed by atoms with van der Waals surface area (Å²) < 4.78 is 0. The van der Waals surface area contributed by atoms with E-state index in [1.54, 1.807) is 5.56 Å². The van der Waals surface area contributed by atoms with Crippen molar-refractivity contribution in [2.45, 2.75) is 44.4 Å². The SMILES string of the molecule is O=C(O)O.c1ccc(C2CCCCCC2)cc1. The monoisotopic (exact) mass is 236 g/mol. The van der Waals surface area contributed by atoms with Gasteiger partial charge in [0.15, 0.2) is 0 Å². The largest absolute Gasteiger partial charge is 0.503 e. The molecule has 1 fully saturated rings. The summed E-state index contributed by atoms with van der Waals surface area (Å²) in [7, 11) is 0. The molecule has 1 aromatic rings. The summed E-state index contributed by atoms with van der Waals surface area (Å²) in [6.07, 6.45) is 6.74. The smallest absolute Gasteiger partial charge is 0.450 e. The molecule has 1 aliphatic carbocycles. The topological polar surface area (TPSA) is 57.5 Å². The lowest BCUT2D eigenvalue weighted by Gasteiger charge is -2.13. The van der Waals surface area contributed by atoms with Crippen LogP contribution < -0.4 is 0 Å². The van der Waals surface area contributed by atoms with Gasteiger partial charge in [-0.2, -0.15) is 0 Å². The Labute approximate surface area is 102 Å². The van der Waals surface area contributed by atoms with Crippen LogP contribution in [0.25, 0.3) is 0 Å². The van der Waals surface area contributed by atoms with E-state index < -0.39 is 6.16 Å². The quantitative estimate of drug-likeness (QED) is 0.713. The highest BCUT2D eigenvalue weighted by Gasteiger charge is 2.13. The van der Waals surface area contributed by atoms with Crippen molar-refractivity contribution in [2.75, 3.05) is 0 Å². The third-order valence-electron chi connectivity index (χ3n) is 3.13. The predicted octanol–water partition coefficient (Wildman–Crippen LogP) is 4.35. The van der Waals surface area contributed by atoms with Crippen LogP contribution in [-0.2, 0) is 0 Å². The van der Waals surface area contributed by atoms with Gasteiger partial charge in [-0.3, -0.25) is 0 Å². The van der Waals surface area contributed by atoms with E-state index >= 15 is 0 Å². The number of rotatable bonds is 1. The van der Waals surface area contributed by atoms with Crippen molar-refractivity contribution in [3.63, 3.8) is 0 Å². The van der Waals surface area contributed by atoms with Crippen molar-refractivity contribution in [2.24, 2.45) is 0 Å². The number of hydrogen-bond donors (Lipinski definition) is 2. The van der Waals surface area contributed by atoms with Crippen molar-refractivity contribution in [3.05, 3.63) is 35.9 Å². The van der Waals surface area contributed by atoms with E-state index in [9.17, 15) is 0 Å². The van der Waals surface area contributed by atoms with Crippen LogP contribution in [0.3, 0.4) is 0 Å². The van der Waals surface area contributed by atoms with E-state index in [-0.39, 0.29) is 0 Å². The van der Waals surface area contributed by atoms with Crippen LogP contribution in [0.5, 0.6) is 0 Å². The third kappa shape index (κ3) is 5.95. The summed E-state index contributed by atoms with van der Waals surface area (Å²) in [5.41, 5.74) is 1.56. The first kappa shape index (κ1) is 13.6. The van der Waals surface area contributed by atoms with E-state index in [1.807, 2.05) is 0 Å². The molecule has 3 heteroatoms. The molecule has 0 amide bonds. The number of carboxylic acid groups (broad SMARTS) is 2. The van der Waals surface area contributed by atoms with Crippen molar-refractivity contribution in [3.8, 4) is 0 Å². The molecule has 1 saturated carbocycles. The molecule has 1 aromatic carbocycles. The zero-order valence-electron chi connectivity index (χ0n) is 10.0. The minimum Gasteiger partial charge on any atom is -0.450 e. The second kappa shape index (κ2) is 7.71. The van der Waals surface area contributed by atoms with Crippen LogP contribution in [0.15, 0.2) is 30.3 Å². The molecule has 0 bridgehead atoms. The van der Waals surface area contributed by atoms with Crippen LogP contribution in [-0.4, -0.2) is 16.4 Å². The highest BCUT2D eigenvalue weighted by Crippen LogP contribution is 2.31. The first-order chi connectivity index (χ1) is 8.20. The van der Waals surface area contributed by atoms with Gasteiger partial charge < -0.3 is 10.2 Å². The van der Waals surface area contributed by atoms with Gasteiger partial charge in [0.2, 0.25) is 0 Å². The Balaban J connectivity index is 0.000000317. The first-order valence-corrected chi connectivity index (χ1v) is 6.17. The number of benzene rings is 1. The van der Waals surface area contributed by atoms with Gasteiger partial charge in [-0.15, -0.1) is 0 Å². The van der Waals surface area contributed by atoms with Gasteiger partial charge in [-0.1, -0.05) is 56.0 Å². The maximum atomic E-state index is 8.56. The lowest BCUT2D eigenvalue weighted by Crippen LogP contribution is -1.95. The van der Waals surface area contributed by atoms with Gasteiger partial charge in [0.25, 0.3) is 0 Å². The molecule has 0 aromatic heterocycles. The van der Waals surface area contributed by atoms with Crippen LogP contribution in [0.4, 0.5) is 4.79 Å². The fourth-order valence-electron chi connectivity index (χ4n) is 2.34. The van der Waals surface area contributed by atoms with Crippen molar-refractivity contribution >= 4 is 6.16 Å². The second-order valence-corrected chi connectivity index (χ2v) is 4.38. The Kier molecular flexibility index (Phi) is 6.15. The molecular formula is C14H20O3. The zero-order valence-corrected chi connectivity index (χ0v) is 10.0. The molecule has 17 heavy (non-hydrogen) atoms. The van der Waals surface area contributed by atoms with Crippen molar-refractivity contribution < 1.29 is 15.0 Å². The summed E-state index contributed by atoms with van der Waals surface area (Å²) in [6.45, 7) is 0. The van der Waals surface area contributed by atoms with E-state index in [4.69, 9.17) is 15.0 Å². The third-order valence-corrected chi connectivity index (χ3v) is 3.13. The van der Waals surface area contributed by atoms with Crippen LogP contribution in [0.2, 0.25) is 0 Å². The fraction of sp³-hybridized carbons (Fsp3) is 0.500. The molecule has 1 aliphatic rings. The summed E-state index contributed by atoms with van der Waals surface area (Å²) >= 11 is 0. The van der Waals surface area contributed by atoms with Gasteiger partial charge in [-0.05, 0) is 24.3 Å². The summed E-state index contributed by atoms with van der Waals surface area (Å²) in [4.78, 5) is 8.56. The van der Waals surface area contributed by atoms with Crippen LogP contribution in [0, 0.1) is 0 Å². The summed E-state index contributed by atoms with van der Waals surface area (Å²) in [5.74, 6) is 0.851. The minimum atomic E-state index is -1.83. The Hall–Kier alpha value is -1.51. The minimum absolute atomic E-state index is 0.851.